The maximum Gasteiger partial charge on any atom is 0.414 e. The lowest BCUT2D eigenvalue weighted by atomic mass is 10.2. The summed E-state index contributed by atoms with van der Waals surface area (Å²) in [7, 11) is -2.85. The molecule has 222 valence electrons. The van der Waals surface area contributed by atoms with Crippen LogP contribution in [0.2, 0.25) is 5.04 Å². The van der Waals surface area contributed by atoms with Gasteiger partial charge < -0.3 is 13.9 Å². The van der Waals surface area contributed by atoms with Crippen molar-refractivity contribution in [3.05, 3.63) is 127 Å². The van der Waals surface area contributed by atoms with E-state index in [1.165, 1.54) is 0 Å². The van der Waals surface area contributed by atoms with E-state index in [1.807, 2.05) is 72.8 Å². The Morgan fingerprint density at radius 2 is 1.33 bits per heavy atom. The summed E-state index contributed by atoms with van der Waals surface area (Å²) in [4.78, 5) is 26.6. The van der Waals surface area contributed by atoms with E-state index in [1.54, 1.807) is 36.0 Å². The first-order valence-corrected chi connectivity index (χ1v) is 17.2. The van der Waals surface area contributed by atoms with Crippen LogP contribution in [0.25, 0.3) is 0 Å². The van der Waals surface area contributed by atoms with Crippen LogP contribution in [0.4, 0.5) is 4.79 Å². The molecule has 1 aliphatic rings. The van der Waals surface area contributed by atoms with Crippen molar-refractivity contribution in [3.8, 4) is 0 Å². The average molecular weight is 612 g/mol. The monoisotopic (exact) mass is 611 g/mol. The molecule has 43 heavy (non-hydrogen) atoms. The van der Waals surface area contributed by atoms with Gasteiger partial charge in [-0.05, 0) is 39.7 Å². The maximum absolute atomic E-state index is 12.9. The molecule has 5 rings (SSSR count). The second-order valence-electron chi connectivity index (χ2n) is 11.5. The Morgan fingerprint density at radius 1 is 0.814 bits per heavy atom. The molecule has 0 saturated carbocycles. The Balaban J connectivity index is 1.40. The molecule has 0 aliphatic carbocycles. The number of thioether (sulfide) groups is 1. The van der Waals surface area contributed by atoms with Crippen LogP contribution in [0.3, 0.4) is 0 Å². The Labute approximate surface area is 258 Å². The van der Waals surface area contributed by atoms with Gasteiger partial charge >= 0.3 is 6.09 Å². The van der Waals surface area contributed by atoms with Crippen molar-refractivity contribution in [2.45, 2.75) is 54.8 Å². The smallest absolute Gasteiger partial charge is 0.414 e. The van der Waals surface area contributed by atoms with Crippen molar-refractivity contribution in [1.82, 2.24) is 5.32 Å². The fraction of sp³-hybridized carbons (Fsp3) is 0.257. The van der Waals surface area contributed by atoms with Gasteiger partial charge in [0.15, 0.2) is 0 Å². The van der Waals surface area contributed by atoms with E-state index >= 15 is 0 Å². The number of rotatable bonds is 9. The molecule has 1 saturated heterocycles. The number of carbonyl (C=O) groups is 2. The summed E-state index contributed by atoms with van der Waals surface area (Å²) < 4.78 is 19.5. The van der Waals surface area contributed by atoms with Crippen LogP contribution >= 0.6 is 11.8 Å². The molecule has 0 bridgehead atoms. The van der Waals surface area contributed by atoms with Crippen LogP contribution in [0.1, 0.15) is 37.6 Å². The SMILES string of the molecule is CC(C)(C)[Si](OC[C@H]1O[C@@H](Sc2ccccc2)C[C@H]1OC(=O)NC(=O)c1ccccc1)(c1ccccc1)c1ccccc1. The normalized spacial score (nSPS) is 18.6. The summed E-state index contributed by atoms with van der Waals surface area (Å²) in [6.07, 6.45) is -1.48. The van der Waals surface area contributed by atoms with Crippen molar-refractivity contribution in [3.63, 3.8) is 0 Å². The van der Waals surface area contributed by atoms with E-state index in [4.69, 9.17) is 13.9 Å². The number of amides is 2. The molecule has 0 spiro atoms. The van der Waals surface area contributed by atoms with Gasteiger partial charge in [-0.15, -0.1) is 0 Å². The highest BCUT2D eigenvalue weighted by atomic mass is 32.2. The van der Waals surface area contributed by atoms with Crippen LogP contribution in [0, 0.1) is 0 Å². The number of hydrogen-bond donors (Lipinski definition) is 1. The molecule has 4 aromatic carbocycles. The summed E-state index contributed by atoms with van der Waals surface area (Å²) >= 11 is 1.58. The highest BCUT2D eigenvalue weighted by molar-refractivity contribution is 7.99. The van der Waals surface area contributed by atoms with Gasteiger partial charge in [-0.2, -0.15) is 0 Å². The van der Waals surface area contributed by atoms with E-state index in [0.717, 1.165) is 15.3 Å². The minimum Gasteiger partial charge on any atom is -0.443 e. The number of imide groups is 1. The van der Waals surface area contributed by atoms with Crippen molar-refractivity contribution in [2.75, 3.05) is 6.61 Å². The zero-order valence-corrected chi connectivity index (χ0v) is 26.5. The van der Waals surface area contributed by atoms with Gasteiger partial charge in [0.05, 0.1) is 6.61 Å². The fourth-order valence-corrected chi connectivity index (χ4v) is 11.2. The fourth-order valence-electron chi connectivity index (χ4n) is 5.57. The van der Waals surface area contributed by atoms with E-state index in [9.17, 15) is 9.59 Å². The maximum atomic E-state index is 12.9. The van der Waals surface area contributed by atoms with Crippen molar-refractivity contribution < 1.29 is 23.5 Å². The molecule has 6 nitrogen and oxygen atoms in total. The standard InChI is InChI=1S/C35H37NO5SSi/c1-35(2,3)43(28-20-12-6-13-21-28,29-22-14-7-15-23-29)39-25-31-30(24-32(40-31)42-27-18-10-5-11-19-27)41-34(38)36-33(37)26-16-8-4-9-17-26/h4-23,30-32H,24-25H2,1-3H3,(H,36,37,38)/t30-,31-,32+/m1/s1. The van der Waals surface area contributed by atoms with Crippen LogP contribution in [0.15, 0.2) is 126 Å². The first-order chi connectivity index (χ1) is 20.8. The first kappa shape index (κ1) is 30.8. The molecule has 1 heterocycles. The van der Waals surface area contributed by atoms with Gasteiger partial charge in [0.2, 0.25) is 0 Å². The highest BCUT2D eigenvalue weighted by Gasteiger charge is 2.51. The lowest BCUT2D eigenvalue weighted by molar-refractivity contribution is -0.00623. The zero-order chi connectivity index (χ0) is 30.3. The van der Waals surface area contributed by atoms with Gasteiger partial charge in [-0.1, -0.05) is 130 Å². The summed E-state index contributed by atoms with van der Waals surface area (Å²) in [6, 6.07) is 39.4. The van der Waals surface area contributed by atoms with Gasteiger partial charge in [0.1, 0.15) is 17.6 Å². The molecule has 1 N–H and O–H groups in total. The molecule has 0 radical (unpaired) electrons. The quantitative estimate of drug-likeness (QED) is 0.221. The van der Waals surface area contributed by atoms with Gasteiger partial charge in [-0.25, -0.2) is 4.79 Å². The van der Waals surface area contributed by atoms with Gasteiger partial charge in [0, 0.05) is 16.9 Å². The Kier molecular flexibility index (Phi) is 9.82. The molecule has 0 aromatic heterocycles. The third-order valence-electron chi connectivity index (χ3n) is 7.57. The van der Waals surface area contributed by atoms with Crippen molar-refractivity contribution in [1.29, 1.82) is 0 Å². The van der Waals surface area contributed by atoms with Crippen molar-refractivity contribution in [2.24, 2.45) is 0 Å². The minimum absolute atomic E-state index is 0.220. The van der Waals surface area contributed by atoms with Gasteiger partial charge in [-0.3, -0.25) is 10.1 Å². The topological polar surface area (TPSA) is 73.9 Å². The van der Waals surface area contributed by atoms with Crippen LogP contribution in [-0.4, -0.2) is 44.6 Å². The van der Waals surface area contributed by atoms with E-state index < -0.39 is 32.5 Å². The molecule has 3 atom stereocenters. The molecule has 1 fully saturated rings. The van der Waals surface area contributed by atoms with Crippen LogP contribution in [0.5, 0.6) is 0 Å². The number of carbonyl (C=O) groups excluding carboxylic acids is 2. The zero-order valence-electron chi connectivity index (χ0n) is 24.6. The van der Waals surface area contributed by atoms with E-state index in [2.05, 4.69) is 50.4 Å². The number of hydrogen-bond acceptors (Lipinski definition) is 6. The third-order valence-corrected chi connectivity index (χ3v) is 13.7. The molecular formula is C35H37NO5SSi. The predicted octanol–water partition coefficient (Wildman–Crippen LogP) is 6.41. The number of ether oxygens (including phenoxy) is 2. The summed E-state index contributed by atoms with van der Waals surface area (Å²) in [5.41, 5.74) is 0.129. The summed E-state index contributed by atoms with van der Waals surface area (Å²) in [5, 5.41) is 4.46. The molecular weight excluding hydrogens is 575 g/mol. The Bertz CT molecular complexity index is 1440. The van der Waals surface area contributed by atoms with Crippen LogP contribution < -0.4 is 15.7 Å². The number of benzene rings is 4. The lowest BCUT2D eigenvalue weighted by Gasteiger charge is -2.43. The number of nitrogens with one attached hydrogen (secondary N) is 1. The minimum atomic E-state index is -2.85. The van der Waals surface area contributed by atoms with Gasteiger partial charge in [0.25, 0.3) is 14.2 Å². The second kappa shape index (κ2) is 13.7. The summed E-state index contributed by atoms with van der Waals surface area (Å²) in [6.45, 7) is 6.89. The molecule has 0 unspecified atom stereocenters. The Hall–Kier alpha value is -3.69. The largest absolute Gasteiger partial charge is 0.443 e. The first-order valence-electron chi connectivity index (χ1n) is 14.5. The lowest BCUT2D eigenvalue weighted by Crippen LogP contribution is -2.67. The average Bonchev–Trinajstić information content (AvgIpc) is 3.39. The molecule has 8 heteroatoms. The van der Waals surface area contributed by atoms with E-state index in [0.29, 0.717) is 12.0 Å². The molecule has 4 aromatic rings. The Morgan fingerprint density at radius 3 is 1.86 bits per heavy atom. The van der Waals surface area contributed by atoms with Crippen molar-refractivity contribution >= 4 is 42.5 Å². The molecule has 1 aliphatic heterocycles. The van der Waals surface area contributed by atoms with E-state index in [-0.39, 0.29) is 17.1 Å². The number of alkyl carbamates (subject to hydrolysis) is 1. The van der Waals surface area contributed by atoms with Crippen LogP contribution in [-0.2, 0) is 13.9 Å². The predicted molar refractivity (Wildman–Crippen MR) is 173 cm³/mol. The second-order valence-corrected chi connectivity index (χ2v) is 17.0. The highest BCUT2D eigenvalue weighted by Crippen LogP contribution is 2.39. The summed E-state index contributed by atoms with van der Waals surface area (Å²) in [5.74, 6) is -0.514. The third kappa shape index (κ3) is 7.28. The molecule has 2 amide bonds.